The highest BCUT2D eigenvalue weighted by Gasteiger charge is 2.60. The number of aliphatic hydroxyl groups is 1. The Morgan fingerprint density at radius 1 is 1.08 bits per heavy atom. The van der Waals surface area contributed by atoms with Crippen molar-refractivity contribution in [3.63, 3.8) is 0 Å². The fraction of sp³-hybridized carbons (Fsp3) is 0.323. The molecule has 1 fully saturated rings. The van der Waals surface area contributed by atoms with Crippen molar-refractivity contribution in [2.45, 2.75) is 56.2 Å². The Labute approximate surface area is 219 Å². The van der Waals surface area contributed by atoms with E-state index in [4.69, 9.17) is 0 Å². The third-order valence-corrected chi connectivity index (χ3v) is 8.23. The minimum absolute atomic E-state index is 0.0371. The highest BCUT2D eigenvalue weighted by atomic mass is 19.4. The van der Waals surface area contributed by atoms with Crippen LogP contribution in [0.15, 0.2) is 79.0 Å². The Balaban J connectivity index is 1.59. The molecule has 4 nitrogen and oxygen atoms in total. The van der Waals surface area contributed by atoms with Crippen LogP contribution in [0.2, 0.25) is 0 Å². The molecule has 38 heavy (non-hydrogen) atoms. The van der Waals surface area contributed by atoms with E-state index < -0.39 is 36.0 Å². The van der Waals surface area contributed by atoms with E-state index in [0.29, 0.717) is 23.1 Å². The van der Waals surface area contributed by atoms with Crippen LogP contribution in [-0.4, -0.2) is 33.4 Å². The number of ketones is 2. The number of aryl methyl sites for hydroxylation is 1. The number of pyridine rings is 1. The van der Waals surface area contributed by atoms with Crippen molar-refractivity contribution in [3.05, 3.63) is 113 Å². The normalized spacial score (nSPS) is 24.9. The summed E-state index contributed by atoms with van der Waals surface area (Å²) < 4.78 is 41.6. The van der Waals surface area contributed by atoms with Gasteiger partial charge in [-0.15, -0.1) is 0 Å². The van der Waals surface area contributed by atoms with Crippen molar-refractivity contribution in [2.75, 3.05) is 0 Å². The number of carbonyl (C=O) groups is 2. The molecule has 0 saturated heterocycles. The number of aromatic nitrogens is 1. The van der Waals surface area contributed by atoms with Crippen LogP contribution in [0.1, 0.15) is 62.4 Å². The minimum Gasteiger partial charge on any atom is -0.380 e. The van der Waals surface area contributed by atoms with Gasteiger partial charge < -0.3 is 5.11 Å². The van der Waals surface area contributed by atoms with Gasteiger partial charge in [0.05, 0.1) is 0 Å². The molecule has 3 aromatic rings. The van der Waals surface area contributed by atoms with Crippen molar-refractivity contribution in [3.8, 4) is 0 Å². The van der Waals surface area contributed by atoms with Crippen LogP contribution in [0.25, 0.3) is 0 Å². The van der Waals surface area contributed by atoms with Gasteiger partial charge in [0.15, 0.2) is 17.2 Å². The second kappa shape index (κ2) is 9.62. The number of halogens is 3. The van der Waals surface area contributed by atoms with Gasteiger partial charge in [0, 0.05) is 34.9 Å². The number of fused-ring (bicyclic) bond motifs is 3. The lowest BCUT2D eigenvalue weighted by Crippen LogP contribution is -2.55. The molecule has 3 atom stereocenters. The Morgan fingerprint density at radius 3 is 2.55 bits per heavy atom. The topological polar surface area (TPSA) is 67.3 Å². The van der Waals surface area contributed by atoms with Gasteiger partial charge in [0.1, 0.15) is 0 Å². The van der Waals surface area contributed by atoms with Gasteiger partial charge in [-0.2, -0.15) is 13.2 Å². The van der Waals surface area contributed by atoms with Gasteiger partial charge in [-0.05, 0) is 73.4 Å². The number of benzene rings is 2. The van der Waals surface area contributed by atoms with Crippen molar-refractivity contribution < 1.29 is 27.9 Å². The molecular formula is C31H28F3NO3. The number of Topliss-reactive ketones (excluding diaryl/α,β-unsaturated/α-hetero) is 1. The average Bonchev–Trinajstić information content (AvgIpc) is 3.00. The van der Waals surface area contributed by atoms with Gasteiger partial charge in [0.2, 0.25) is 0 Å². The van der Waals surface area contributed by atoms with E-state index in [1.54, 1.807) is 30.5 Å². The average molecular weight is 520 g/mol. The van der Waals surface area contributed by atoms with E-state index in [0.717, 1.165) is 16.8 Å². The molecular weight excluding hydrogens is 491 g/mol. The van der Waals surface area contributed by atoms with Crippen molar-refractivity contribution in [1.29, 1.82) is 0 Å². The first kappa shape index (κ1) is 26.0. The fourth-order valence-corrected chi connectivity index (χ4v) is 6.02. The van der Waals surface area contributed by atoms with Crippen LogP contribution in [0.4, 0.5) is 13.2 Å². The predicted molar refractivity (Wildman–Crippen MR) is 137 cm³/mol. The molecule has 0 unspecified atom stereocenters. The smallest absolute Gasteiger partial charge is 0.380 e. The number of alkyl halides is 3. The molecule has 0 radical (unpaired) electrons. The molecule has 0 aliphatic heterocycles. The quantitative estimate of drug-likeness (QED) is 0.411. The standard InChI is InChI=1S/C31H28F3NO3/c1-20-22(8-5-15-35-20)17-28(37)23-9-11-26-25(16-23)27(36)12-10-24-19-30(38,31(32,33)34)14-13-29(24,26)18-21-6-3-2-4-7-21/h2-12,15-16,24,38H,13-14,17-19H2,1H3/t24-,29+,30-/m1/s1. The predicted octanol–water partition coefficient (Wildman–Crippen LogP) is 6.14. The third kappa shape index (κ3) is 4.60. The summed E-state index contributed by atoms with van der Waals surface area (Å²) in [6.07, 6.45) is -0.730. The summed E-state index contributed by atoms with van der Waals surface area (Å²) in [7, 11) is 0. The molecule has 5 rings (SSSR count). The van der Waals surface area contributed by atoms with E-state index in [1.165, 1.54) is 12.2 Å². The first-order valence-electron chi connectivity index (χ1n) is 12.7. The molecule has 2 aliphatic carbocycles. The Kier molecular flexibility index (Phi) is 6.59. The first-order valence-corrected chi connectivity index (χ1v) is 12.7. The zero-order valence-corrected chi connectivity index (χ0v) is 21.0. The third-order valence-electron chi connectivity index (χ3n) is 8.23. The van der Waals surface area contributed by atoms with E-state index in [1.807, 2.05) is 43.3 Å². The van der Waals surface area contributed by atoms with Gasteiger partial charge in [-0.25, -0.2) is 0 Å². The van der Waals surface area contributed by atoms with Crippen LogP contribution >= 0.6 is 0 Å². The number of rotatable bonds is 5. The Hall–Kier alpha value is -3.58. The van der Waals surface area contributed by atoms with Crippen molar-refractivity contribution in [1.82, 2.24) is 4.98 Å². The monoisotopic (exact) mass is 519 g/mol. The molecule has 0 spiro atoms. The Morgan fingerprint density at radius 2 is 1.84 bits per heavy atom. The lowest BCUT2D eigenvalue weighted by molar-refractivity contribution is -0.277. The molecule has 2 aromatic carbocycles. The van der Waals surface area contributed by atoms with E-state index in [-0.39, 0.29) is 24.4 Å². The molecule has 196 valence electrons. The number of nitrogens with zero attached hydrogens (tertiary/aromatic N) is 1. The fourth-order valence-electron chi connectivity index (χ4n) is 6.02. The van der Waals surface area contributed by atoms with E-state index in [9.17, 15) is 27.9 Å². The lowest BCUT2D eigenvalue weighted by Gasteiger charge is -2.50. The molecule has 0 bridgehead atoms. The van der Waals surface area contributed by atoms with Gasteiger partial charge in [0.25, 0.3) is 0 Å². The number of carbonyl (C=O) groups excluding carboxylic acids is 2. The molecule has 2 aliphatic rings. The maximum Gasteiger partial charge on any atom is 0.417 e. The molecule has 1 heterocycles. The van der Waals surface area contributed by atoms with Crippen LogP contribution in [0.5, 0.6) is 0 Å². The maximum absolute atomic E-state index is 13.9. The summed E-state index contributed by atoms with van der Waals surface area (Å²) in [4.78, 5) is 30.7. The van der Waals surface area contributed by atoms with Crippen LogP contribution in [-0.2, 0) is 18.3 Å². The molecule has 0 amide bonds. The van der Waals surface area contributed by atoms with E-state index >= 15 is 0 Å². The summed E-state index contributed by atoms with van der Waals surface area (Å²) in [5.41, 5.74) is 0.105. The van der Waals surface area contributed by atoms with Gasteiger partial charge in [-0.3, -0.25) is 14.6 Å². The van der Waals surface area contributed by atoms with Gasteiger partial charge in [-0.1, -0.05) is 54.6 Å². The zero-order chi connectivity index (χ0) is 27.1. The number of hydrogen-bond acceptors (Lipinski definition) is 4. The van der Waals surface area contributed by atoms with Crippen molar-refractivity contribution in [2.24, 2.45) is 5.92 Å². The Bertz CT molecular complexity index is 1420. The first-order chi connectivity index (χ1) is 18.0. The summed E-state index contributed by atoms with van der Waals surface area (Å²) >= 11 is 0. The summed E-state index contributed by atoms with van der Waals surface area (Å²) in [5.74, 6) is -1.26. The molecule has 7 heteroatoms. The largest absolute Gasteiger partial charge is 0.417 e. The molecule has 1 aromatic heterocycles. The summed E-state index contributed by atoms with van der Waals surface area (Å²) in [5, 5.41) is 10.6. The van der Waals surface area contributed by atoms with E-state index in [2.05, 4.69) is 4.98 Å². The summed E-state index contributed by atoms with van der Waals surface area (Å²) in [6, 6.07) is 18.0. The van der Waals surface area contributed by atoms with Crippen molar-refractivity contribution >= 4 is 11.6 Å². The molecule has 1 N–H and O–H groups in total. The SMILES string of the molecule is Cc1ncccc1CC(=O)c1ccc2c(c1)C(=O)C=C[C@@H]1C[C@@](O)(C(F)(F)F)CC[C@@]21Cc1ccccc1. The highest BCUT2D eigenvalue weighted by Crippen LogP contribution is 2.55. The van der Waals surface area contributed by atoms with Crippen LogP contribution in [0, 0.1) is 12.8 Å². The van der Waals surface area contributed by atoms with Gasteiger partial charge >= 0.3 is 6.18 Å². The molecule has 1 saturated carbocycles. The highest BCUT2D eigenvalue weighted by molar-refractivity contribution is 6.08. The van der Waals surface area contributed by atoms with Crippen LogP contribution in [0.3, 0.4) is 0 Å². The second-order valence-corrected chi connectivity index (χ2v) is 10.5. The lowest BCUT2D eigenvalue weighted by atomic mass is 9.56. The zero-order valence-electron chi connectivity index (χ0n) is 21.0. The second-order valence-electron chi connectivity index (χ2n) is 10.5. The summed E-state index contributed by atoms with van der Waals surface area (Å²) in [6.45, 7) is 1.83. The number of allylic oxidation sites excluding steroid dienone is 2. The minimum atomic E-state index is -4.78. The van der Waals surface area contributed by atoms with Crippen LogP contribution < -0.4 is 0 Å². The number of hydrogen-bond donors (Lipinski definition) is 1. The maximum atomic E-state index is 13.9.